The molecule has 0 N–H and O–H groups in total. The van der Waals surface area contributed by atoms with Crippen LogP contribution in [0.2, 0.25) is 0 Å². The topological polar surface area (TPSA) is 14.8 Å². The van der Waals surface area contributed by atoms with Gasteiger partial charge in [0.2, 0.25) is 0 Å². The summed E-state index contributed by atoms with van der Waals surface area (Å²) >= 11 is 1.93. The van der Waals surface area contributed by atoms with E-state index < -0.39 is 5.41 Å². The van der Waals surface area contributed by atoms with E-state index in [1.165, 1.54) is 103 Å². The first-order valence-electron chi connectivity index (χ1n) is 20.4. The number of hydrogen-bond donors (Lipinski definition) is 0. The van der Waals surface area contributed by atoms with Crippen LogP contribution in [-0.2, 0) is 5.41 Å². The van der Waals surface area contributed by atoms with E-state index in [2.05, 4.69) is 214 Å². The maximum atomic E-state index is 2.53. The fourth-order valence-corrected chi connectivity index (χ4v) is 12.4. The monoisotopic (exact) mass is 767 g/mol. The predicted octanol–water partition coefficient (Wildman–Crippen LogP) is 14.1. The molecule has 0 aliphatic carbocycles. The largest absolute Gasteiger partial charge is 0.309 e. The van der Waals surface area contributed by atoms with Gasteiger partial charge in [0.05, 0.1) is 44.2 Å². The van der Waals surface area contributed by atoms with Crippen LogP contribution < -0.4 is 0 Å². The van der Waals surface area contributed by atoms with Crippen LogP contribution in [0.15, 0.2) is 210 Å². The molecular weight excluding hydrogens is 735 g/mol. The molecule has 2 aliphatic heterocycles. The molecule has 0 fully saturated rings. The van der Waals surface area contributed by atoms with Gasteiger partial charge in [0, 0.05) is 53.5 Å². The Morgan fingerprint density at radius 2 is 0.780 bits per heavy atom. The summed E-state index contributed by atoms with van der Waals surface area (Å²) in [6.07, 6.45) is 0. The van der Waals surface area contributed by atoms with Crippen LogP contribution in [0.1, 0.15) is 22.3 Å². The second-order valence-electron chi connectivity index (χ2n) is 16.0. The van der Waals surface area contributed by atoms with Crippen molar-refractivity contribution in [1.29, 1.82) is 0 Å². The van der Waals surface area contributed by atoms with Crippen molar-refractivity contribution in [3.05, 3.63) is 222 Å². The van der Waals surface area contributed by atoms with E-state index in [9.17, 15) is 0 Å². The molecule has 0 saturated heterocycles. The van der Waals surface area contributed by atoms with Crippen molar-refractivity contribution >= 4 is 77.2 Å². The van der Waals surface area contributed by atoms with Crippen molar-refractivity contribution in [3.63, 3.8) is 0 Å². The number of para-hydroxylation sites is 6. The summed E-state index contributed by atoms with van der Waals surface area (Å²) < 4.78 is 7.46. The van der Waals surface area contributed by atoms with Crippen LogP contribution in [0.5, 0.6) is 0 Å². The standard InChI is InChI=1S/C55H33N3S/c1-7-22-46-36(14-1)37-15-2-8-23-47(37)56(46)34-28-30-35(31-29-34)57-48-24-9-3-17-39(48)41-32-33-45-54(53(41)57)59-51-27-12-6-20-43(51)55(45)42-19-5-11-26-50(42)58-49-25-10-4-16-38(49)40-18-13-21-44(55)52(40)58/h1-33H. The van der Waals surface area contributed by atoms with Crippen LogP contribution in [0.3, 0.4) is 0 Å². The third kappa shape index (κ3) is 3.90. The molecule has 14 rings (SSSR count). The van der Waals surface area contributed by atoms with E-state index in [0.717, 1.165) is 11.4 Å². The van der Waals surface area contributed by atoms with E-state index in [-0.39, 0.29) is 0 Å². The Morgan fingerprint density at radius 3 is 1.46 bits per heavy atom. The summed E-state index contributed by atoms with van der Waals surface area (Å²) in [6, 6.07) is 74.7. The summed E-state index contributed by atoms with van der Waals surface area (Å²) in [7, 11) is 0. The fraction of sp³-hybridized carbons (Fsp3) is 0.0182. The van der Waals surface area contributed by atoms with Crippen LogP contribution in [0.25, 0.3) is 82.5 Å². The minimum atomic E-state index is -0.548. The molecule has 1 atom stereocenters. The van der Waals surface area contributed by atoms with Gasteiger partial charge in [0.1, 0.15) is 0 Å². The van der Waals surface area contributed by atoms with Crippen LogP contribution in [0.4, 0.5) is 0 Å². The molecule has 2 aliphatic rings. The molecule has 4 heteroatoms. The lowest BCUT2D eigenvalue weighted by Gasteiger charge is -2.45. The van der Waals surface area contributed by atoms with E-state index in [1.54, 1.807) is 0 Å². The second-order valence-corrected chi connectivity index (χ2v) is 17.0. The summed E-state index contributed by atoms with van der Waals surface area (Å²) in [5, 5.41) is 7.65. The third-order valence-electron chi connectivity index (χ3n) is 13.3. The first-order valence-corrected chi connectivity index (χ1v) is 21.2. The summed E-state index contributed by atoms with van der Waals surface area (Å²) in [5.74, 6) is 0. The average Bonchev–Trinajstić information content (AvgIpc) is 3.95. The quantitative estimate of drug-likeness (QED) is 0.171. The number of fused-ring (bicyclic) bond motifs is 18. The zero-order valence-electron chi connectivity index (χ0n) is 31.8. The molecule has 59 heavy (non-hydrogen) atoms. The summed E-state index contributed by atoms with van der Waals surface area (Å²) in [6.45, 7) is 0. The molecule has 274 valence electrons. The van der Waals surface area contributed by atoms with Crippen molar-refractivity contribution in [2.75, 3.05) is 0 Å². The molecule has 9 aromatic carbocycles. The van der Waals surface area contributed by atoms with Gasteiger partial charge in [-0.05, 0) is 82.9 Å². The molecule has 0 radical (unpaired) electrons. The van der Waals surface area contributed by atoms with Crippen molar-refractivity contribution in [1.82, 2.24) is 13.7 Å². The van der Waals surface area contributed by atoms with E-state index in [0.29, 0.717) is 0 Å². The number of hydrogen-bond acceptors (Lipinski definition) is 1. The normalized spacial score (nSPS) is 15.5. The highest BCUT2D eigenvalue weighted by Crippen LogP contribution is 2.62. The lowest BCUT2D eigenvalue weighted by Crippen LogP contribution is -2.37. The van der Waals surface area contributed by atoms with Crippen molar-refractivity contribution < 1.29 is 0 Å². The number of nitrogens with zero attached hydrogens (tertiary/aromatic N) is 3. The molecule has 1 unspecified atom stereocenters. The van der Waals surface area contributed by atoms with Crippen LogP contribution in [0, 0.1) is 0 Å². The third-order valence-corrected chi connectivity index (χ3v) is 14.5. The van der Waals surface area contributed by atoms with E-state index in [4.69, 9.17) is 0 Å². The molecule has 3 aromatic heterocycles. The molecule has 0 bridgehead atoms. The number of benzene rings is 9. The second kappa shape index (κ2) is 11.4. The smallest absolute Gasteiger partial charge is 0.0765 e. The van der Waals surface area contributed by atoms with Crippen LogP contribution in [-0.4, -0.2) is 13.7 Å². The SMILES string of the molecule is c1ccc2c(c1)Sc1c(ccc3c4ccccc4n(-c4ccc(-n5c6ccccc6c6ccccc65)cc4)c13)C21c2ccccc2-n2c3ccccc3c3cccc1c32. The summed E-state index contributed by atoms with van der Waals surface area (Å²) in [5.41, 5.74) is 15.7. The minimum Gasteiger partial charge on any atom is -0.309 e. The number of aromatic nitrogens is 3. The van der Waals surface area contributed by atoms with Gasteiger partial charge in [-0.1, -0.05) is 151 Å². The maximum Gasteiger partial charge on any atom is 0.0765 e. The highest BCUT2D eigenvalue weighted by atomic mass is 32.2. The predicted molar refractivity (Wildman–Crippen MR) is 245 cm³/mol. The first kappa shape index (κ1) is 31.8. The highest BCUT2D eigenvalue weighted by molar-refractivity contribution is 7.99. The van der Waals surface area contributed by atoms with Gasteiger partial charge in [-0.2, -0.15) is 0 Å². The van der Waals surface area contributed by atoms with Gasteiger partial charge in [-0.3, -0.25) is 0 Å². The Kier molecular flexibility index (Phi) is 6.16. The van der Waals surface area contributed by atoms with Gasteiger partial charge in [-0.15, -0.1) is 0 Å². The number of rotatable bonds is 2. The van der Waals surface area contributed by atoms with Crippen molar-refractivity contribution in [3.8, 4) is 17.1 Å². The Labute approximate surface area is 344 Å². The van der Waals surface area contributed by atoms with Crippen molar-refractivity contribution in [2.45, 2.75) is 15.2 Å². The lowest BCUT2D eigenvalue weighted by atomic mass is 9.62. The Morgan fingerprint density at radius 1 is 0.305 bits per heavy atom. The van der Waals surface area contributed by atoms with E-state index in [1.807, 2.05) is 11.8 Å². The molecule has 12 aromatic rings. The maximum absolute atomic E-state index is 2.53. The molecule has 1 spiro atoms. The lowest BCUT2D eigenvalue weighted by molar-refractivity contribution is 0.691. The van der Waals surface area contributed by atoms with Crippen molar-refractivity contribution in [2.24, 2.45) is 0 Å². The highest BCUT2D eigenvalue weighted by Gasteiger charge is 2.50. The zero-order chi connectivity index (χ0) is 38.4. The van der Waals surface area contributed by atoms with Gasteiger partial charge in [0.15, 0.2) is 0 Å². The zero-order valence-corrected chi connectivity index (χ0v) is 32.6. The Hall–Kier alpha value is -7.27. The summed E-state index contributed by atoms with van der Waals surface area (Å²) in [4.78, 5) is 2.60. The molecule has 0 amide bonds. The molecule has 5 heterocycles. The molecular formula is C55H33N3S. The molecule has 3 nitrogen and oxygen atoms in total. The fourth-order valence-electron chi connectivity index (χ4n) is 11.0. The van der Waals surface area contributed by atoms with E-state index >= 15 is 0 Å². The van der Waals surface area contributed by atoms with Gasteiger partial charge in [0.25, 0.3) is 0 Å². The van der Waals surface area contributed by atoms with Crippen LogP contribution >= 0.6 is 11.8 Å². The first-order chi connectivity index (χ1) is 29.3. The Balaban J connectivity index is 1.09. The molecule has 0 saturated carbocycles. The Bertz CT molecular complexity index is 3710. The van der Waals surface area contributed by atoms with Gasteiger partial charge >= 0.3 is 0 Å². The van der Waals surface area contributed by atoms with Gasteiger partial charge in [-0.25, -0.2) is 0 Å². The average molecular weight is 768 g/mol. The minimum absolute atomic E-state index is 0.548. The van der Waals surface area contributed by atoms with Gasteiger partial charge < -0.3 is 13.7 Å².